The zero-order valence-corrected chi connectivity index (χ0v) is 10.9. The Bertz CT molecular complexity index is 392. The summed E-state index contributed by atoms with van der Waals surface area (Å²) >= 11 is 0. The van der Waals surface area contributed by atoms with E-state index >= 15 is 0 Å². The van der Waals surface area contributed by atoms with E-state index in [0.29, 0.717) is 30.8 Å². The summed E-state index contributed by atoms with van der Waals surface area (Å²) in [5.41, 5.74) is 0. The average Bonchev–Trinajstić information content (AvgIpc) is 2.69. The number of alkyl halides is 3. The van der Waals surface area contributed by atoms with Gasteiger partial charge >= 0.3 is 6.18 Å². The number of carbonyl (C=O) groups excluding carboxylic acids is 2. The number of hydrogen-bond donors (Lipinski definition) is 1. The van der Waals surface area contributed by atoms with Crippen molar-refractivity contribution in [2.75, 3.05) is 26.2 Å². The monoisotopic (exact) mass is 294 g/mol. The highest BCUT2D eigenvalue weighted by atomic mass is 19.4. The molecule has 20 heavy (non-hydrogen) atoms. The summed E-state index contributed by atoms with van der Waals surface area (Å²) in [7, 11) is 0. The van der Waals surface area contributed by atoms with Crippen molar-refractivity contribution in [1.29, 1.82) is 0 Å². The highest BCUT2D eigenvalue weighted by molar-refractivity contribution is 5.89. The smallest absolute Gasteiger partial charge is 0.393 e. The molecule has 2 aliphatic rings. The Hall–Kier alpha value is -1.31. The number of piperidine rings is 1. The third kappa shape index (κ3) is 3.62. The van der Waals surface area contributed by atoms with Crippen molar-refractivity contribution >= 4 is 11.8 Å². The molecule has 2 amide bonds. The molecule has 0 aromatic heterocycles. The summed E-state index contributed by atoms with van der Waals surface area (Å²) < 4.78 is 36.9. The minimum atomic E-state index is -4.44. The highest BCUT2D eigenvalue weighted by Gasteiger charge is 2.41. The first-order chi connectivity index (χ1) is 9.26. The Labute approximate surface area is 114 Å². The lowest BCUT2D eigenvalue weighted by molar-refractivity contribution is -0.157. The summed E-state index contributed by atoms with van der Waals surface area (Å²) in [6.45, 7) is -0.682. The van der Waals surface area contributed by atoms with Gasteiger partial charge in [-0.3, -0.25) is 9.59 Å². The minimum Gasteiger partial charge on any atom is -0.393 e. The second kappa shape index (κ2) is 5.59. The molecule has 0 saturated carbocycles. The summed E-state index contributed by atoms with van der Waals surface area (Å²) in [6, 6.07) is 0. The van der Waals surface area contributed by atoms with E-state index < -0.39 is 30.7 Å². The van der Waals surface area contributed by atoms with Crippen molar-refractivity contribution in [3.63, 3.8) is 0 Å². The predicted octanol–water partition coefficient (Wildman–Crippen LogP) is 0.380. The normalized spacial score (nSPS) is 25.4. The second-order valence-corrected chi connectivity index (χ2v) is 5.35. The molecule has 2 aliphatic heterocycles. The third-order valence-electron chi connectivity index (χ3n) is 3.71. The summed E-state index contributed by atoms with van der Waals surface area (Å²) in [6.07, 6.45) is -4.08. The van der Waals surface area contributed by atoms with Gasteiger partial charge < -0.3 is 14.9 Å². The molecule has 0 aromatic carbocycles. The van der Waals surface area contributed by atoms with Gasteiger partial charge in [-0.1, -0.05) is 0 Å². The van der Waals surface area contributed by atoms with Gasteiger partial charge in [0.15, 0.2) is 0 Å². The number of carbonyl (C=O) groups is 2. The Kier molecular flexibility index (Phi) is 4.22. The van der Waals surface area contributed by atoms with E-state index in [-0.39, 0.29) is 18.9 Å². The first-order valence-electron chi connectivity index (χ1n) is 6.57. The molecule has 1 unspecified atom stereocenters. The van der Waals surface area contributed by atoms with Crippen LogP contribution in [0.3, 0.4) is 0 Å². The Morgan fingerprint density at radius 3 is 2.45 bits per heavy atom. The molecule has 2 saturated heterocycles. The molecule has 0 radical (unpaired) electrons. The number of likely N-dealkylation sites (tertiary alicyclic amines) is 2. The maximum absolute atomic E-state index is 12.3. The van der Waals surface area contributed by atoms with Crippen LogP contribution < -0.4 is 0 Å². The van der Waals surface area contributed by atoms with Crippen LogP contribution in [0, 0.1) is 5.92 Å². The van der Waals surface area contributed by atoms with Gasteiger partial charge in [0.2, 0.25) is 11.8 Å². The fraction of sp³-hybridized carbons (Fsp3) is 0.833. The van der Waals surface area contributed by atoms with E-state index in [4.69, 9.17) is 0 Å². The zero-order valence-electron chi connectivity index (χ0n) is 10.9. The average molecular weight is 294 g/mol. The topological polar surface area (TPSA) is 60.9 Å². The Morgan fingerprint density at radius 1 is 1.30 bits per heavy atom. The third-order valence-corrected chi connectivity index (χ3v) is 3.71. The minimum absolute atomic E-state index is 0.159. The van der Waals surface area contributed by atoms with Crippen LogP contribution in [0.25, 0.3) is 0 Å². The van der Waals surface area contributed by atoms with Gasteiger partial charge in [0.25, 0.3) is 0 Å². The van der Waals surface area contributed by atoms with Gasteiger partial charge in [-0.25, -0.2) is 0 Å². The van der Waals surface area contributed by atoms with Gasteiger partial charge in [0, 0.05) is 26.1 Å². The largest absolute Gasteiger partial charge is 0.406 e. The molecule has 0 bridgehead atoms. The number of hydrogen-bond acceptors (Lipinski definition) is 3. The van der Waals surface area contributed by atoms with E-state index in [1.165, 1.54) is 4.90 Å². The van der Waals surface area contributed by atoms with E-state index in [1.807, 2.05) is 0 Å². The number of rotatable bonds is 2. The standard InChI is InChI=1S/C12H17F3N2O3/c13-12(14,15)7-17-6-8(5-10(17)19)11(20)16-3-1-9(18)2-4-16/h8-9,18H,1-7H2. The van der Waals surface area contributed by atoms with Gasteiger partial charge in [0.1, 0.15) is 6.54 Å². The maximum atomic E-state index is 12.3. The lowest BCUT2D eigenvalue weighted by Gasteiger charge is -2.31. The highest BCUT2D eigenvalue weighted by Crippen LogP contribution is 2.26. The fourth-order valence-electron chi connectivity index (χ4n) is 2.65. The number of halogens is 3. The number of aliphatic hydroxyl groups is 1. The molecule has 2 rings (SSSR count). The van der Waals surface area contributed by atoms with E-state index in [0.717, 1.165) is 0 Å². The van der Waals surface area contributed by atoms with Crippen molar-refractivity contribution in [1.82, 2.24) is 9.80 Å². The van der Waals surface area contributed by atoms with Gasteiger partial charge in [-0.2, -0.15) is 13.2 Å². The molecule has 114 valence electrons. The summed E-state index contributed by atoms with van der Waals surface area (Å²) in [4.78, 5) is 25.9. The second-order valence-electron chi connectivity index (χ2n) is 5.35. The van der Waals surface area contributed by atoms with Crippen LogP contribution in [-0.2, 0) is 9.59 Å². The van der Waals surface area contributed by atoms with E-state index in [9.17, 15) is 27.9 Å². The number of nitrogens with zero attached hydrogens (tertiary/aromatic N) is 2. The summed E-state index contributed by atoms with van der Waals surface area (Å²) in [5, 5.41) is 9.36. The van der Waals surface area contributed by atoms with Crippen molar-refractivity contribution < 1.29 is 27.9 Å². The predicted molar refractivity (Wildman–Crippen MR) is 62.6 cm³/mol. The van der Waals surface area contributed by atoms with Crippen LogP contribution in [0.4, 0.5) is 13.2 Å². The van der Waals surface area contributed by atoms with Crippen LogP contribution in [0.5, 0.6) is 0 Å². The molecule has 2 heterocycles. The van der Waals surface area contributed by atoms with E-state index in [1.54, 1.807) is 0 Å². The van der Waals surface area contributed by atoms with Crippen molar-refractivity contribution in [2.45, 2.75) is 31.5 Å². The Balaban J connectivity index is 1.91. The van der Waals surface area contributed by atoms with Crippen LogP contribution in [0.1, 0.15) is 19.3 Å². The van der Waals surface area contributed by atoms with Gasteiger partial charge in [-0.05, 0) is 12.8 Å². The molecule has 2 fully saturated rings. The summed E-state index contributed by atoms with van der Waals surface area (Å²) in [5.74, 6) is -1.60. The molecule has 1 atom stereocenters. The van der Waals surface area contributed by atoms with Crippen molar-refractivity contribution in [3.05, 3.63) is 0 Å². The van der Waals surface area contributed by atoms with Crippen LogP contribution >= 0.6 is 0 Å². The SMILES string of the molecule is O=C1CC(C(=O)N2CCC(O)CC2)CN1CC(F)(F)F. The Morgan fingerprint density at radius 2 is 1.90 bits per heavy atom. The fourth-order valence-corrected chi connectivity index (χ4v) is 2.65. The van der Waals surface area contributed by atoms with Crippen molar-refractivity contribution in [2.24, 2.45) is 5.92 Å². The molecular weight excluding hydrogens is 277 g/mol. The lowest BCUT2D eigenvalue weighted by atomic mass is 10.0. The quantitative estimate of drug-likeness (QED) is 0.801. The first kappa shape index (κ1) is 15.1. The number of aliphatic hydroxyl groups excluding tert-OH is 1. The molecule has 8 heteroatoms. The van der Waals surface area contributed by atoms with Crippen LogP contribution in [0.15, 0.2) is 0 Å². The lowest BCUT2D eigenvalue weighted by Crippen LogP contribution is -2.44. The molecule has 1 N–H and O–H groups in total. The molecule has 0 spiro atoms. The van der Waals surface area contributed by atoms with E-state index in [2.05, 4.69) is 0 Å². The molecular formula is C12H17F3N2O3. The maximum Gasteiger partial charge on any atom is 0.406 e. The molecule has 0 aliphatic carbocycles. The van der Waals surface area contributed by atoms with Gasteiger partial charge in [0.05, 0.1) is 12.0 Å². The van der Waals surface area contributed by atoms with Crippen LogP contribution in [0.2, 0.25) is 0 Å². The molecule has 0 aromatic rings. The van der Waals surface area contributed by atoms with Crippen molar-refractivity contribution in [3.8, 4) is 0 Å². The first-order valence-corrected chi connectivity index (χ1v) is 6.57. The van der Waals surface area contributed by atoms with Crippen LogP contribution in [-0.4, -0.2) is 65.2 Å². The van der Waals surface area contributed by atoms with Gasteiger partial charge in [-0.15, -0.1) is 0 Å². The number of amides is 2. The zero-order chi connectivity index (χ0) is 14.9. The molecule has 5 nitrogen and oxygen atoms in total.